The van der Waals surface area contributed by atoms with E-state index in [1.807, 2.05) is 6.07 Å². The van der Waals surface area contributed by atoms with Gasteiger partial charge in [0, 0.05) is 18.7 Å². The summed E-state index contributed by atoms with van der Waals surface area (Å²) in [7, 11) is 0. The minimum atomic E-state index is -0.730. The van der Waals surface area contributed by atoms with Crippen molar-refractivity contribution in [2.45, 2.75) is 18.6 Å². The van der Waals surface area contributed by atoms with Crippen LogP contribution in [0.25, 0.3) is 10.9 Å². The van der Waals surface area contributed by atoms with Crippen molar-refractivity contribution in [3.63, 3.8) is 0 Å². The molecule has 1 atom stereocenters. The zero-order valence-corrected chi connectivity index (χ0v) is 16.4. The molecule has 1 aromatic heterocycles. The second-order valence-corrected chi connectivity index (χ2v) is 7.54. The van der Waals surface area contributed by atoms with Crippen molar-refractivity contribution < 1.29 is 22.7 Å². The molecule has 0 bridgehead atoms. The van der Waals surface area contributed by atoms with Gasteiger partial charge in [-0.3, -0.25) is 5.10 Å². The average Bonchev–Trinajstić information content (AvgIpc) is 3.37. The van der Waals surface area contributed by atoms with Crippen LogP contribution in [0.5, 0.6) is 5.75 Å². The molecule has 2 aliphatic rings. The van der Waals surface area contributed by atoms with Crippen LogP contribution in [0.1, 0.15) is 23.6 Å². The van der Waals surface area contributed by atoms with Gasteiger partial charge in [-0.05, 0) is 29.8 Å². The van der Waals surface area contributed by atoms with Crippen LogP contribution in [0.4, 0.5) is 18.0 Å². The Balaban J connectivity index is 1.25. The molecule has 2 aliphatic heterocycles. The van der Waals surface area contributed by atoms with Gasteiger partial charge in [-0.1, -0.05) is 0 Å². The monoisotopic (exact) mass is 440 g/mol. The number of benzene rings is 2. The molecule has 3 aromatic rings. The lowest BCUT2D eigenvalue weighted by Gasteiger charge is -2.41. The van der Waals surface area contributed by atoms with Crippen molar-refractivity contribution in [3.05, 3.63) is 59.0 Å². The Labute approximate surface area is 179 Å². The zero-order chi connectivity index (χ0) is 22.4. The highest BCUT2D eigenvalue weighted by molar-refractivity contribution is 5.81. The van der Waals surface area contributed by atoms with Crippen LogP contribution >= 0.6 is 0 Å². The summed E-state index contributed by atoms with van der Waals surface area (Å²) in [5.41, 5.74) is 0.863. The zero-order valence-electron chi connectivity index (χ0n) is 16.4. The summed E-state index contributed by atoms with van der Waals surface area (Å²) in [5, 5.41) is 20.3. The lowest BCUT2D eigenvalue weighted by molar-refractivity contribution is 0.0258. The number of urea groups is 1. The molecule has 8 nitrogen and oxygen atoms in total. The summed E-state index contributed by atoms with van der Waals surface area (Å²) < 4.78 is 47.2. The van der Waals surface area contributed by atoms with E-state index < -0.39 is 35.8 Å². The van der Waals surface area contributed by atoms with Gasteiger partial charge in [0.2, 0.25) is 5.95 Å². The van der Waals surface area contributed by atoms with Crippen LogP contribution in [0.15, 0.2) is 35.4 Å². The number of H-pyrrole nitrogens is 1. The number of hydrazone groups is 1. The fourth-order valence-corrected chi connectivity index (χ4v) is 3.81. The SMILES string of the molecule is N#Cc1cc(F)cc(C2CC=NN2C(=O)N2CC(Oc3cc4n[nH]c(F)c4cc3F)C2)c1. The first-order valence-electron chi connectivity index (χ1n) is 9.74. The van der Waals surface area contributed by atoms with Crippen LogP contribution < -0.4 is 4.74 Å². The lowest BCUT2D eigenvalue weighted by Crippen LogP contribution is -2.58. The topological polar surface area (TPSA) is 97.6 Å². The van der Waals surface area contributed by atoms with Gasteiger partial charge in [-0.25, -0.2) is 18.6 Å². The Morgan fingerprint density at radius 1 is 1.19 bits per heavy atom. The van der Waals surface area contributed by atoms with Gasteiger partial charge in [0.25, 0.3) is 0 Å². The van der Waals surface area contributed by atoms with Crippen LogP contribution in [-0.2, 0) is 0 Å². The smallest absolute Gasteiger partial charge is 0.341 e. The van der Waals surface area contributed by atoms with E-state index in [1.165, 1.54) is 28.1 Å². The number of fused-ring (bicyclic) bond motifs is 1. The number of nitrogens with zero attached hydrogens (tertiary/aromatic N) is 5. The molecule has 0 aliphatic carbocycles. The number of aromatic amines is 1. The second-order valence-electron chi connectivity index (χ2n) is 7.54. The van der Waals surface area contributed by atoms with Crippen LogP contribution in [0.3, 0.4) is 0 Å². The van der Waals surface area contributed by atoms with E-state index in [9.17, 15) is 18.0 Å². The number of ether oxygens (including phenoxy) is 1. The maximum Gasteiger partial charge on any atom is 0.341 e. The summed E-state index contributed by atoms with van der Waals surface area (Å²) in [6.07, 6.45) is 1.49. The van der Waals surface area contributed by atoms with Crippen molar-refractivity contribution in [1.29, 1.82) is 5.26 Å². The highest BCUT2D eigenvalue weighted by Gasteiger charge is 2.39. The van der Waals surface area contributed by atoms with E-state index in [2.05, 4.69) is 15.3 Å². The molecule has 2 amide bonds. The number of amides is 2. The largest absolute Gasteiger partial charge is 0.484 e. The molecule has 1 N–H and O–H groups in total. The van der Waals surface area contributed by atoms with E-state index in [-0.39, 0.29) is 35.3 Å². The molecule has 162 valence electrons. The van der Waals surface area contributed by atoms with E-state index in [4.69, 9.17) is 10.00 Å². The number of nitrogens with one attached hydrogen (secondary N) is 1. The fourth-order valence-electron chi connectivity index (χ4n) is 3.81. The third-order valence-corrected chi connectivity index (χ3v) is 5.43. The third-order valence-electron chi connectivity index (χ3n) is 5.43. The van der Waals surface area contributed by atoms with E-state index in [0.29, 0.717) is 12.0 Å². The number of carbonyl (C=O) groups is 1. The van der Waals surface area contributed by atoms with Crippen molar-refractivity contribution in [2.24, 2.45) is 5.10 Å². The molecule has 11 heteroatoms. The van der Waals surface area contributed by atoms with Gasteiger partial charge in [0.15, 0.2) is 11.6 Å². The maximum absolute atomic E-state index is 14.2. The van der Waals surface area contributed by atoms with E-state index in [0.717, 1.165) is 12.1 Å². The van der Waals surface area contributed by atoms with E-state index in [1.54, 1.807) is 6.21 Å². The summed E-state index contributed by atoms with van der Waals surface area (Å²) in [6, 6.07) is 7.19. The number of rotatable bonds is 3. The molecule has 0 radical (unpaired) electrons. The standard InChI is InChI=1S/C21H15F3N6O2/c22-13-4-11(8-25)3-12(5-13)18-1-2-26-30(18)21(31)29-9-14(10-29)32-19-7-17-15(6-16(19)23)20(24)28-27-17/h2-7,14,18H,1,9-10H2,(H,27,28). The summed E-state index contributed by atoms with van der Waals surface area (Å²) in [6.45, 7) is 0.382. The molecule has 0 saturated carbocycles. The predicted molar refractivity (Wildman–Crippen MR) is 106 cm³/mol. The number of aromatic nitrogens is 2. The number of carbonyl (C=O) groups excluding carboxylic acids is 1. The summed E-state index contributed by atoms with van der Waals surface area (Å²) in [5.74, 6) is -2.11. The first kappa shape index (κ1) is 19.9. The van der Waals surface area contributed by atoms with Gasteiger partial charge in [0.05, 0.1) is 41.7 Å². The number of likely N-dealkylation sites (tertiary alicyclic amines) is 1. The van der Waals surface area contributed by atoms with Crippen molar-refractivity contribution in [2.75, 3.05) is 13.1 Å². The summed E-state index contributed by atoms with van der Waals surface area (Å²) >= 11 is 0. The van der Waals surface area contributed by atoms with Crippen LogP contribution in [0, 0.1) is 28.9 Å². The first-order valence-corrected chi connectivity index (χ1v) is 9.74. The molecule has 1 fully saturated rings. The number of hydrogen-bond donors (Lipinski definition) is 1. The highest BCUT2D eigenvalue weighted by atomic mass is 19.1. The Kier molecular flexibility index (Phi) is 4.70. The Hall–Kier alpha value is -4.07. The van der Waals surface area contributed by atoms with Crippen LogP contribution in [-0.4, -0.2) is 51.5 Å². The molecule has 3 heterocycles. The number of halogens is 3. The molecule has 2 aromatic carbocycles. The molecule has 0 spiro atoms. The highest BCUT2D eigenvalue weighted by Crippen LogP contribution is 2.32. The summed E-state index contributed by atoms with van der Waals surface area (Å²) in [4.78, 5) is 14.4. The maximum atomic E-state index is 14.2. The quantitative estimate of drug-likeness (QED) is 0.674. The molecular formula is C21H15F3N6O2. The Morgan fingerprint density at radius 3 is 2.78 bits per heavy atom. The van der Waals surface area contributed by atoms with Gasteiger partial charge in [0.1, 0.15) is 11.9 Å². The molecule has 1 saturated heterocycles. The number of nitriles is 1. The van der Waals surface area contributed by atoms with Crippen molar-refractivity contribution in [1.82, 2.24) is 20.1 Å². The molecule has 1 unspecified atom stereocenters. The first-order chi connectivity index (χ1) is 15.4. The predicted octanol–water partition coefficient (Wildman–Crippen LogP) is 3.47. The van der Waals surface area contributed by atoms with Gasteiger partial charge >= 0.3 is 6.03 Å². The molecular weight excluding hydrogens is 425 g/mol. The Bertz CT molecular complexity index is 1290. The second kappa shape index (κ2) is 7.56. The molecule has 32 heavy (non-hydrogen) atoms. The third kappa shape index (κ3) is 3.39. The minimum Gasteiger partial charge on any atom is -0.484 e. The lowest BCUT2D eigenvalue weighted by atomic mass is 10.0. The van der Waals surface area contributed by atoms with E-state index >= 15 is 0 Å². The molecule has 5 rings (SSSR count). The Morgan fingerprint density at radius 2 is 2.00 bits per heavy atom. The van der Waals surface area contributed by atoms with Gasteiger partial charge in [-0.2, -0.15) is 19.9 Å². The minimum absolute atomic E-state index is 0.0232. The van der Waals surface area contributed by atoms with Crippen LogP contribution in [0.2, 0.25) is 0 Å². The fraction of sp³-hybridized carbons (Fsp3) is 0.238. The van der Waals surface area contributed by atoms with Gasteiger partial charge in [-0.15, -0.1) is 0 Å². The number of hydrogen-bond acceptors (Lipinski definition) is 5. The van der Waals surface area contributed by atoms with Crippen molar-refractivity contribution in [3.8, 4) is 11.8 Å². The normalized spacial score (nSPS) is 18.1. The van der Waals surface area contributed by atoms with Gasteiger partial charge < -0.3 is 9.64 Å². The van der Waals surface area contributed by atoms with Crippen molar-refractivity contribution >= 4 is 23.1 Å². The average molecular weight is 440 g/mol.